The number of aromatic nitrogens is 2. The fourth-order valence-electron chi connectivity index (χ4n) is 1.46. The van der Waals surface area contributed by atoms with E-state index in [9.17, 15) is 13.2 Å². The Morgan fingerprint density at radius 2 is 1.95 bits per heavy atom. The molecule has 8 heteroatoms. The number of aliphatic hydroxyl groups is 1. The molecular formula is C11H17F3N4O. The Hall–Kier alpha value is -1.41. The summed E-state index contributed by atoms with van der Waals surface area (Å²) in [6.07, 6.45) is -1.40. The molecule has 1 aromatic heterocycles. The average molecular weight is 278 g/mol. The summed E-state index contributed by atoms with van der Waals surface area (Å²) in [7, 11) is 0. The van der Waals surface area contributed by atoms with Gasteiger partial charge < -0.3 is 15.3 Å². The maximum absolute atomic E-state index is 12.4. The van der Waals surface area contributed by atoms with Gasteiger partial charge >= 0.3 is 6.18 Å². The molecule has 0 bridgehead atoms. The normalized spacial score (nSPS) is 11.6. The van der Waals surface area contributed by atoms with Gasteiger partial charge in [0.25, 0.3) is 0 Å². The SMILES string of the molecule is CCNCc1cnc(N(CCO)CC(F)(F)F)nc1. The van der Waals surface area contributed by atoms with Crippen LogP contribution >= 0.6 is 0 Å². The molecule has 1 rings (SSSR count). The first-order valence-electron chi connectivity index (χ1n) is 5.90. The van der Waals surface area contributed by atoms with E-state index in [2.05, 4.69) is 15.3 Å². The molecule has 0 saturated heterocycles. The highest BCUT2D eigenvalue weighted by atomic mass is 19.4. The number of alkyl halides is 3. The molecule has 0 aromatic carbocycles. The number of nitrogens with one attached hydrogen (secondary N) is 1. The number of hydrogen-bond donors (Lipinski definition) is 2. The molecule has 1 heterocycles. The Morgan fingerprint density at radius 1 is 1.32 bits per heavy atom. The summed E-state index contributed by atoms with van der Waals surface area (Å²) < 4.78 is 37.1. The Balaban J connectivity index is 2.73. The maximum atomic E-state index is 12.4. The minimum absolute atomic E-state index is 0.0355. The molecule has 1 aromatic rings. The number of rotatable bonds is 7. The van der Waals surface area contributed by atoms with E-state index in [1.807, 2.05) is 6.92 Å². The third-order valence-electron chi connectivity index (χ3n) is 2.29. The van der Waals surface area contributed by atoms with E-state index >= 15 is 0 Å². The van der Waals surface area contributed by atoms with Gasteiger partial charge in [0.05, 0.1) is 6.61 Å². The van der Waals surface area contributed by atoms with Crippen LogP contribution in [0.1, 0.15) is 12.5 Å². The van der Waals surface area contributed by atoms with Crippen LogP contribution in [0.15, 0.2) is 12.4 Å². The van der Waals surface area contributed by atoms with Gasteiger partial charge in [0.15, 0.2) is 0 Å². The lowest BCUT2D eigenvalue weighted by Crippen LogP contribution is -2.37. The number of hydrogen-bond acceptors (Lipinski definition) is 5. The predicted octanol–water partition coefficient (Wildman–Crippen LogP) is 0.947. The van der Waals surface area contributed by atoms with E-state index in [0.717, 1.165) is 17.0 Å². The second kappa shape index (κ2) is 7.25. The van der Waals surface area contributed by atoms with E-state index in [4.69, 9.17) is 5.11 Å². The van der Waals surface area contributed by atoms with Gasteiger partial charge in [-0.3, -0.25) is 0 Å². The zero-order valence-electron chi connectivity index (χ0n) is 10.6. The zero-order valence-corrected chi connectivity index (χ0v) is 10.6. The molecule has 0 radical (unpaired) electrons. The molecule has 0 aliphatic carbocycles. The molecule has 5 nitrogen and oxygen atoms in total. The van der Waals surface area contributed by atoms with Crippen molar-refractivity contribution in [2.24, 2.45) is 0 Å². The van der Waals surface area contributed by atoms with Crippen molar-refractivity contribution in [2.45, 2.75) is 19.6 Å². The van der Waals surface area contributed by atoms with E-state index in [-0.39, 0.29) is 12.5 Å². The molecule has 0 unspecified atom stereocenters. The summed E-state index contributed by atoms with van der Waals surface area (Å²) in [4.78, 5) is 8.70. The lowest BCUT2D eigenvalue weighted by molar-refractivity contribution is -0.120. The van der Waals surface area contributed by atoms with Crippen LogP contribution in [0.25, 0.3) is 0 Å². The van der Waals surface area contributed by atoms with Crippen molar-refractivity contribution in [3.8, 4) is 0 Å². The predicted molar refractivity (Wildman–Crippen MR) is 64.8 cm³/mol. The van der Waals surface area contributed by atoms with E-state index in [1.165, 1.54) is 12.4 Å². The van der Waals surface area contributed by atoms with Crippen molar-refractivity contribution in [1.29, 1.82) is 0 Å². The minimum Gasteiger partial charge on any atom is -0.395 e. The van der Waals surface area contributed by atoms with Crippen LogP contribution in [0.3, 0.4) is 0 Å². The number of anilines is 1. The summed E-state index contributed by atoms with van der Waals surface area (Å²) >= 11 is 0. The number of aliphatic hydroxyl groups excluding tert-OH is 1. The molecule has 108 valence electrons. The minimum atomic E-state index is -4.36. The van der Waals surface area contributed by atoms with Crippen LogP contribution < -0.4 is 10.2 Å². The van der Waals surface area contributed by atoms with Crippen molar-refractivity contribution in [1.82, 2.24) is 15.3 Å². The highest BCUT2D eigenvalue weighted by Gasteiger charge is 2.31. The molecule has 2 N–H and O–H groups in total. The van der Waals surface area contributed by atoms with E-state index < -0.39 is 19.3 Å². The Kier molecular flexibility index (Phi) is 5.97. The van der Waals surface area contributed by atoms with Gasteiger partial charge in [-0.05, 0) is 6.54 Å². The lowest BCUT2D eigenvalue weighted by atomic mass is 10.3. The smallest absolute Gasteiger partial charge is 0.395 e. The molecule has 0 fully saturated rings. The van der Waals surface area contributed by atoms with Crippen molar-refractivity contribution < 1.29 is 18.3 Å². The van der Waals surface area contributed by atoms with Crippen molar-refractivity contribution in [2.75, 3.05) is 31.1 Å². The Morgan fingerprint density at radius 3 is 2.42 bits per heavy atom. The van der Waals surface area contributed by atoms with Gasteiger partial charge in [-0.15, -0.1) is 0 Å². The fraction of sp³-hybridized carbons (Fsp3) is 0.636. The first-order chi connectivity index (χ1) is 8.96. The maximum Gasteiger partial charge on any atom is 0.406 e. The third kappa shape index (κ3) is 5.84. The molecule has 0 atom stereocenters. The van der Waals surface area contributed by atoms with Crippen LogP contribution in [-0.2, 0) is 6.54 Å². The second-order valence-electron chi connectivity index (χ2n) is 3.93. The first kappa shape index (κ1) is 15.6. The van der Waals surface area contributed by atoms with Crippen molar-refractivity contribution in [3.05, 3.63) is 18.0 Å². The highest BCUT2D eigenvalue weighted by molar-refractivity contribution is 5.30. The quantitative estimate of drug-likeness (QED) is 0.777. The van der Waals surface area contributed by atoms with Crippen LogP contribution in [0.2, 0.25) is 0 Å². The van der Waals surface area contributed by atoms with Gasteiger partial charge in [0.2, 0.25) is 5.95 Å². The summed E-state index contributed by atoms with van der Waals surface area (Å²) in [5.74, 6) is -0.0355. The Labute approximate surface area is 109 Å². The first-order valence-corrected chi connectivity index (χ1v) is 5.90. The van der Waals surface area contributed by atoms with Crippen LogP contribution in [0.5, 0.6) is 0 Å². The monoisotopic (exact) mass is 278 g/mol. The zero-order chi connectivity index (χ0) is 14.3. The topological polar surface area (TPSA) is 61.3 Å². The summed E-state index contributed by atoms with van der Waals surface area (Å²) in [5, 5.41) is 11.9. The van der Waals surface area contributed by atoms with Gasteiger partial charge in [0.1, 0.15) is 6.54 Å². The van der Waals surface area contributed by atoms with Gasteiger partial charge in [0, 0.05) is 31.0 Å². The second-order valence-corrected chi connectivity index (χ2v) is 3.93. The van der Waals surface area contributed by atoms with Crippen LogP contribution in [-0.4, -0.2) is 47.5 Å². The third-order valence-corrected chi connectivity index (χ3v) is 2.29. The van der Waals surface area contributed by atoms with Crippen LogP contribution in [0.4, 0.5) is 19.1 Å². The van der Waals surface area contributed by atoms with E-state index in [1.54, 1.807) is 0 Å². The summed E-state index contributed by atoms with van der Waals surface area (Å²) in [6, 6.07) is 0. The summed E-state index contributed by atoms with van der Waals surface area (Å²) in [5.41, 5.74) is 0.793. The molecule has 0 amide bonds. The molecule has 19 heavy (non-hydrogen) atoms. The fourth-order valence-corrected chi connectivity index (χ4v) is 1.46. The number of halogens is 3. The van der Waals surface area contributed by atoms with E-state index in [0.29, 0.717) is 6.54 Å². The Bertz CT molecular complexity index is 369. The highest BCUT2D eigenvalue weighted by Crippen LogP contribution is 2.19. The van der Waals surface area contributed by atoms with Gasteiger partial charge in [-0.2, -0.15) is 13.2 Å². The number of nitrogens with zero attached hydrogens (tertiary/aromatic N) is 3. The molecule has 0 saturated carbocycles. The summed E-state index contributed by atoms with van der Waals surface area (Å²) in [6.45, 7) is 1.56. The standard InChI is InChI=1S/C11H17F3N4O/c1-2-15-5-9-6-16-10(17-7-9)18(3-4-19)8-11(12,13)14/h6-7,15,19H,2-5,8H2,1H3. The van der Waals surface area contributed by atoms with Gasteiger partial charge in [-0.25, -0.2) is 9.97 Å². The van der Waals surface area contributed by atoms with Gasteiger partial charge in [-0.1, -0.05) is 6.92 Å². The van der Waals surface area contributed by atoms with Crippen LogP contribution in [0, 0.1) is 0 Å². The molecular weight excluding hydrogens is 261 g/mol. The molecule has 0 aliphatic heterocycles. The van der Waals surface area contributed by atoms with Crippen molar-refractivity contribution in [3.63, 3.8) is 0 Å². The molecule has 0 aliphatic rings. The molecule has 0 spiro atoms. The largest absolute Gasteiger partial charge is 0.406 e. The lowest BCUT2D eigenvalue weighted by Gasteiger charge is -2.22. The average Bonchev–Trinajstić information content (AvgIpc) is 2.35. The van der Waals surface area contributed by atoms with Crippen molar-refractivity contribution >= 4 is 5.95 Å².